The van der Waals surface area contributed by atoms with E-state index in [4.69, 9.17) is 4.74 Å². The summed E-state index contributed by atoms with van der Waals surface area (Å²) < 4.78 is 5.44. The van der Waals surface area contributed by atoms with Crippen LogP contribution in [0, 0.1) is 5.92 Å². The lowest BCUT2D eigenvalue weighted by Gasteiger charge is -2.29. The SMILES string of the molecule is CC(Cc1ccc([Si](C)(C)c2ccccc2)cc1)CN1CCOCC1. The van der Waals surface area contributed by atoms with Crippen molar-refractivity contribution in [2.24, 2.45) is 5.92 Å². The number of hydrogen-bond acceptors (Lipinski definition) is 2. The molecule has 3 rings (SSSR count). The molecule has 1 atom stereocenters. The van der Waals surface area contributed by atoms with Crippen molar-refractivity contribution in [2.75, 3.05) is 32.8 Å². The fourth-order valence-corrected chi connectivity index (χ4v) is 6.13. The van der Waals surface area contributed by atoms with Gasteiger partial charge in [-0.3, -0.25) is 4.90 Å². The predicted octanol–water partition coefficient (Wildman–Crippen LogP) is 3.02. The Morgan fingerprint density at radius 1 is 0.920 bits per heavy atom. The highest BCUT2D eigenvalue weighted by atomic mass is 28.3. The van der Waals surface area contributed by atoms with Crippen LogP contribution in [0.25, 0.3) is 0 Å². The van der Waals surface area contributed by atoms with Crippen molar-refractivity contribution in [3.8, 4) is 0 Å². The Kier molecular flexibility index (Phi) is 6.10. The van der Waals surface area contributed by atoms with Gasteiger partial charge in [0.15, 0.2) is 0 Å². The number of rotatable bonds is 6. The number of benzene rings is 2. The zero-order valence-electron chi connectivity index (χ0n) is 15.9. The van der Waals surface area contributed by atoms with E-state index in [1.165, 1.54) is 22.5 Å². The van der Waals surface area contributed by atoms with Crippen molar-refractivity contribution in [2.45, 2.75) is 26.4 Å². The summed E-state index contributed by atoms with van der Waals surface area (Å²) in [6.45, 7) is 12.4. The van der Waals surface area contributed by atoms with Gasteiger partial charge in [0, 0.05) is 19.6 Å². The maximum Gasteiger partial charge on any atom is 0.112 e. The number of nitrogens with zero attached hydrogens (tertiary/aromatic N) is 1. The zero-order valence-corrected chi connectivity index (χ0v) is 16.9. The molecule has 0 bridgehead atoms. The lowest BCUT2D eigenvalue weighted by atomic mass is 10.0. The van der Waals surface area contributed by atoms with Crippen LogP contribution in [0.3, 0.4) is 0 Å². The van der Waals surface area contributed by atoms with Gasteiger partial charge in [0.2, 0.25) is 0 Å². The minimum atomic E-state index is -1.58. The fourth-order valence-electron chi connectivity index (χ4n) is 3.77. The van der Waals surface area contributed by atoms with Gasteiger partial charge in [0.05, 0.1) is 13.2 Å². The number of ether oxygens (including phenoxy) is 1. The largest absolute Gasteiger partial charge is 0.379 e. The molecule has 3 heteroatoms. The van der Waals surface area contributed by atoms with Gasteiger partial charge in [-0.05, 0) is 17.9 Å². The minimum Gasteiger partial charge on any atom is -0.379 e. The van der Waals surface area contributed by atoms with Crippen molar-refractivity contribution in [1.82, 2.24) is 4.90 Å². The summed E-state index contributed by atoms with van der Waals surface area (Å²) in [5.41, 5.74) is 1.46. The summed E-state index contributed by atoms with van der Waals surface area (Å²) >= 11 is 0. The molecule has 0 saturated carbocycles. The van der Waals surface area contributed by atoms with Crippen LogP contribution >= 0.6 is 0 Å². The molecule has 0 radical (unpaired) electrons. The fraction of sp³-hybridized carbons (Fsp3) is 0.455. The Morgan fingerprint density at radius 3 is 2.16 bits per heavy atom. The molecular formula is C22H31NOSi. The van der Waals surface area contributed by atoms with Gasteiger partial charge >= 0.3 is 0 Å². The van der Waals surface area contributed by atoms with E-state index in [2.05, 4.69) is 79.5 Å². The molecule has 0 spiro atoms. The lowest BCUT2D eigenvalue weighted by Crippen LogP contribution is -2.52. The Morgan fingerprint density at radius 2 is 1.52 bits per heavy atom. The molecule has 2 nitrogen and oxygen atoms in total. The second kappa shape index (κ2) is 8.30. The monoisotopic (exact) mass is 353 g/mol. The molecule has 25 heavy (non-hydrogen) atoms. The van der Waals surface area contributed by atoms with Crippen LogP contribution < -0.4 is 10.4 Å². The Bertz CT molecular complexity index is 647. The van der Waals surface area contributed by atoms with Crippen LogP contribution in [0.15, 0.2) is 54.6 Å². The summed E-state index contributed by atoms with van der Waals surface area (Å²) in [7, 11) is -1.58. The molecule has 0 aliphatic carbocycles. The van der Waals surface area contributed by atoms with Crippen molar-refractivity contribution in [3.05, 3.63) is 60.2 Å². The van der Waals surface area contributed by atoms with Gasteiger partial charge in [-0.1, -0.05) is 85.0 Å². The van der Waals surface area contributed by atoms with Crippen LogP contribution in [0.2, 0.25) is 13.1 Å². The summed E-state index contributed by atoms with van der Waals surface area (Å²) in [5.74, 6) is 0.684. The third-order valence-electron chi connectivity index (χ3n) is 5.43. The Hall–Kier alpha value is -1.42. The summed E-state index contributed by atoms with van der Waals surface area (Å²) in [4.78, 5) is 2.54. The molecule has 1 fully saturated rings. The maximum absolute atomic E-state index is 5.44. The van der Waals surface area contributed by atoms with Crippen LogP contribution in [0.1, 0.15) is 12.5 Å². The molecule has 2 aromatic rings. The summed E-state index contributed by atoms with van der Waals surface area (Å²) in [6, 6.07) is 20.4. The molecular weight excluding hydrogens is 322 g/mol. The highest BCUT2D eigenvalue weighted by molar-refractivity contribution is 7.00. The molecule has 1 aliphatic heterocycles. The molecule has 134 valence electrons. The smallest absolute Gasteiger partial charge is 0.112 e. The molecule has 2 aromatic carbocycles. The quantitative estimate of drug-likeness (QED) is 0.740. The second-order valence-corrected chi connectivity index (χ2v) is 12.3. The van der Waals surface area contributed by atoms with Crippen LogP contribution in [0.4, 0.5) is 0 Å². The Labute approximate surface area is 153 Å². The standard InChI is InChI=1S/C22H31NOSi/c1-19(18-23-13-15-24-16-14-23)17-20-9-11-22(12-10-20)25(2,3)21-7-5-4-6-8-21/h4-12,19H,13-18H2,1-3H3. The lowest BCUT2D eigenvalue weighted by molar-refractivity contribution is 0.0318. The van der Waals surface area contributed by atoms with E-state index in [-0.39, 0.29) is 0 Å². The van der Waals surface area contributed by atoms with E-state index in [1.807, 2.05) is 0 Å². The maximum atomic E-state index is 5.44. The minimum absolute atomic E-state index is 0.684. The van der Waals surface area contributed by atoms with Gasteiger partial charge in [-0.2, -0.15) is 0 Å². The van der Waals surface area contributed by atoms with Crippen LogP contribution in [-0.2, 0) is 11.2 Å². The molecule has 1 saturated heterocycles. The first kappa shape index (κ1) is 18.4. The van der Waals surface area contributed by atoms with E-state index in [1.54, 1.807) is 0 Å². The third kappa shape index (κ3) is 4.81. The number of morpholine rings is 1. The summed E-state index contributed by atoms with van der Waals surface area (Å²) in [6.07, 6.45) is 1.16. The zero-order chi connectivity index (χ0) is 17.7. The normalized spacial score (nSPS) is 17.4. The number of hydrogen-bond donors (Lipinski definition) is 0. The van der Waals surface area contributed by atoms with Crippen molar-refractivity contribution < 1.29 is 4.74 Å². The van der Waals surface area contributed by atoms with Crippen LogP contribution in [0.5, 0.6) is 0 Å². The van der Waals surface area contributed by atoms with Gasteiger partial charge in [0.25, 0.3) is 0 Å². The molecule has 1 aliphatic rings. The molecule has 0 N–H and O–H groups in total. The van der Waals surface area contributed by atoms with E-state index in [9.17, 15) is 0 Å². The van der Waals surface area contributed by atoms with E-state index >= 15 is 0 Å². The van der Waals surface area contributed by atoms with Crippen molar-refractivity contribution in [1.29, 1.82) is 0 Å². The van der Waals surface area contributed by atoms with E-state index in [0.29, 0.717) is 5.92 Å². The highest BCUT2D eigenvalue weighted by Gasteiger charge is 2.25. The second-order valence-electron chi connectivity index (χ2n) is 7.91. The average molecular weight is 354 g/mol. The van der Waals surface area contributed by atoms with Gasteiger partial charge < -0.3 is 4.74 Å². The van der Waals surface area contributed by atoms with Crippen molar-refractivity contribution >= 4 is 18.4 Å². The van der Waals surface area contributed by atoms with Crippen LogP contribution in [-0.4, -0.2) is 45.8 Å². The first-order valence-electron chi connectivity index (χ1n) is 9.51. The average Bonchev–Trinajstić information content (AvgIpc) is 2.63. The van der Waals surface area contributed by atoms with Gasteiger partial charge in [0.1, 0.15) is 8.07 Å². The van der Waals surface area contributed by atoms with Gasteiger partial charge in [-0.15, -0.1) is 0 Å². The Balaban J connectivity index is 1.62. The first-order valence-corrected chi connectivity index (χ1v) is 12.5. The molecule has 0 amide bonds. The van der Waals surface area contributed by atoms with E-state index in [0.717, 1.165) is 32.7 Å². The summed E-state index contributed by atoms with van der Waals surface area (Å²) in [5, 5.41) is 3.02. The third-order valence-corrected chi connectivity index (χ3v) is 8.98. The highest BCUT2D eigenvalue weighted by Crippen LogP contribution is 2.12. The van der Waals surface area contributed by atoms with Gasteiger partial charge in [-0.25, -0.2) is 0 Å². The molecule has 1 unspecified atom stereocenters. The molecule has 0 aromatic heterocycles. The predicted molar refractivity (Wildman–Crippen MR) is 110 cm³/mol. The van der Waals surface area contributed by atoms with E-state index < -0.39 is 8.07 Å². The van der Waals surface area contributed by atoms with Crippen molar-refractivity contribution in [3.63, 3.8) is 0 Å². The topological polar surface area (TPSA) is 12.5 Å². The first-order chi connectivity index (χ1) is 12.1. The molecule has 1 heterocycles.